The van der Waals surface area contributed by atoms with Crippen LogP contribution >= 0.6 is 0 Å². The molecule has 2 aromatic carbocycles. The van der Waals surface area contributed by atoms with Crippen LogP contribution in [0.3, 0.4) is 0 Å². The standard InChI is InChI=1S/C14H11N3/c1-3-7-11(8-4-1)13-14(16-17-15-13)12-9-5-2-6-10-12/h1-10H,(H,15,16,17)/p+1. The summed E-state index contributed by atoms with van der Waals surface area (Å²) < 4.78 is 0. The molecule has 1 heterocycles. The SMILES string of the molecule is c1ccc(-c2n[nH][nH+]c2-c2ccccc2)cc1. The van der Waals surface area contributed by atoms with Crippen LogP contribution in [0.1, 0.15) is 0 Å². The second-order valence-corrected chi connectivity index (χ2v) is 3.80. The Hall–Kier alpha value is -2.42. The molecule has 3 nitrogen and oxygen atoms in total. The van der Waals surface area contributed by atoms with E-state index >= 15 is 0 Å². The van der Waals surface area contributed by atoms with Crippen LogP contribution < -0.4 is 5.10 Å². The quantitative estimate of drug-likeness (QED) is 0.711. The van der Waals surface area contributed by atoms with Crippen molar-refractivity contribution in [1.29, 1.82) is 0 Å². The molecule has 0 aliphatic heterocycles. The average molecular weight is 222 g/mol. The van der Waals surface area contributed by atoms with E-state index in [1.165, 1.54) is 0 Å². The predicted molar refractivity (Wildman–Crippen MR) is 66.0 cm³/mol. The summed E-state index contributed by atoms with van der Waals surface area (Å²) in [4.78, 5) is 0. The molecule has 0 atom stereocenters. The van der Waals surface area contributed by atoms with Crippen molar-refractivity contribution >= 4 is 0 Å². The lowest BCUT2D eigenvalue weighted by molar-refractivity contribution is -0.443. The first-order valence-corrected chi connectivity index (χ1v) is 5.52. The molecular formula is C14H12N3+. The van der Waals surface area contributed by atoms with Crippen molar-refractivity contribution in [2.45, 2.75) is 0 Å². The van der Waals surface area contributed by atoms with E-state index in [-0.39, 0.29) is 0 Å². The van der Waals surface area contributed by atoms with E-state index < -0.39 is 0 Å². The summed E-state index contributed by atoms with van der Waals surface area (Å²) in [6.45, 7) is 0. The van der Waals surface area contributed by atoms with Crippen LogP contribution in [0.5, 0.6) is 0 Å². The Balaban J connectivity index is 2.13. The molecule has 0 amide bonds. The summed E-state index contributed by atoms with van der Waals surface area (Å²) in [6, 6.07) is 20.3. The van der Waals surface area contributed by atoms with Gasteiger partial charge in [-0.2, -0.15) is 5.10 Å². The highest BCUT2D eigenvalue weighted by Crippen LogP contribution is 2.25. The zero-order chi connectivity index (χ0) is 11.5. The van der Waals surface area contributed by atoms with Gasteiger partial charge >= 0.3 is 0 Å². The molecule has 2 N–H and O–H groups in total. The van der Waals surface area contributed by atoms with Crippen molar-refractivity contribution in [3.8, 4) is 22.5 Å². The number of aromatic amines is 2. The lowest BCUT2D eigenvalue weighted by Gasteiger charge is -1.95. The van der Waals surface area contributed by atoms with Crippen LogP contribution in [0.4, 0.5) is 0 Å². The third-order valence-electron chi connectivity index (χ3n) is 2.70. The highest BCUT2D eigenvalue weighted by atomic mass is 15.3. The summed E-state index contributed by atoms with van der Waals surface area (Å²) in [5.41, 5.74) is 4.18. The summed E-state index contributed by atoms with van der Waals surface area (Å²) in [5.74, 6) is 0. The second-order valence-electron chi connectivity index (χ2n) is 3.80. The first kappa shape index (κ1) is 9.78. The Morgan fingerprint density at radius 2 is 1.35 bits per heavy atom. The Bertz CT molecular complexity index is 546. The van der Waals surface area contributed by atoms with Gasteiger partial charge < -0.3 is 0 Å². The van der Waals surface area contributed by atoms with E-state index in [0.717, 1.165) is 22.5 Å². The molecule has 0 bridgehead atoms. The minimum absolute atomic E-state index is 0.941. The molecule has 1 aromatic heterocycles. The third-order valence-corrected chi connectivity index (χ3v) is 2.70. The summed E-state index contributed by atoms with van der Waals surface area (Å²) in [5, 5.41) is 10.2. The first-order valence-electron chi connectivity index (χ1n) is 5.52. The maximum Gasteiger partial charge on any atom is 0.256 e. The van der Waals surface area contributed by atoms with Gasteiger partial charge in [0, 0.05) is 16.2 Å². The molecule has 3 heteroatoms. The highest BCUT2D eigenvalue weighted by Gasteiger charge is 2.18. The number of aromatic nitrogens is 3. The largest absolute Gasteiger partial charge is 0.256 e. The molecule has 0 aliphatic rings. The Morgan fingerprint density at radius 1 is 0.765 bits per heavy atom. The van der Waals surface area contributed by atoms with Crippen LogP contribution in [0.25, 0.3) is 22.5 Å². The molecule has 0 unspecified atom stereocenters. The fourth-order valence-electron chi connectivity index (χ4n) is 1.87. The number of rotatable bonds is 2. The van der Waals surface area contributed by atoms with Gasteiger partial charge in [0.2, 0.25) is 5.69 Å². The average Bonchev–Trinajstić information content (AvgIpc) is 2.90. The van der Waals surface area contributed by atoms with Gasteiger partial charge in [-0.05, 0) is 0 Å². The minimum Gasteiger partial charge on any atom is -0.168 e. The summed E-state index contributed by atoms with van der Waals surface area (Å²) in [7, 11) is 0. The maximum atomic E-state index is 4.28. The molecular weight excluding hydrogens is 210 g/mol. The van der Waals surface area contributed by atoms with E-state index in [9.17, 15) is 0 Å². The Kier molecular flexibility index (Phi) is 2.43. The summed E-state index contributed by atoms with van der Waals surface area (Å²) in [6.07, 6.45) is 0. The monoisotopic (exact) mass is 222 g/mol. The zero-order valence-corrected chi connectivity index (χ0v) is 9.22. The van der Waals surface area contributed by atoms with Gasteiger partial charge in [-0.25, -0.2) is 0 Å². The van der Waals surface area contributed by atoms with Gasteiger partial charge in [-0.15, -0.1) is 0 Å². The fourth-order valence-corrected chi connectivity index (χ4v) is 1.87. The van der Waals surface area contributed by atoms with E-state index in [1.54, 1.807) is 0 Å². The zero-order valence-electron chi connectivity index (χ0n) is 9.22. The molecule has 17 heavy (non-hydrogen) atoms. The van der Waals surface area contributed by atoms with Gasteiger partial charge in [0.05, 0.1) is 0 Å². The van der Waals surface area contributed by atoms with E-state index in [4.69, 9.17) is 0 Å². The Labute approximate surface area is 99.1 Å². The molecule has 3 aromatic rings. The van der Waals surface area contributed by atoms with Crippen molar-refractivity contribution < 1.29 is 5.10 Å². The molecule has 3 rings (SSSR count). The molecule has 0 spiro atoms. The molecule has 82 valence electrons. The smallest absolute Gasteiger partial charge is 0.168 e. The van der Waals surface area contributed by atoms with Gasteiger partial charge in [0.25, 0.3) is 5.69 Å². The number of benzene rings is 2. The maximum absolute atomic E-state index is 4.28. The van der Waals surface area contributed by atoms with Crippen molar-refractivity contribution in [1.82, 2.24) is 10.3 Å². The lowest BCUT2D eigenvalue weighted by atomic mass is 10.1. The topological polar surface area (TPSA) is 42.8 Å². The second kappa shape index (κ2) is 4.22. The van der Waals surface area contributed by atoms with Gasteiger partial charge in [-0.1, -0.05) is 65.9 Å². The van der Waals surface area contributed by atoms with Gasteiger partial charge in [0.15, 0.2) is 0 Å². The number of hydrogen-bond donors (Lipinski definition) is 1. The number of nitrogens with one attached hydrogen (secondary N) is 2. The number of H-pyrrole nitrogens is 2. The number of hydrogen-bond acceptors (Lipinski definition) is 1. The van der Waals surface area contributed by atoms with Crippen molar-refractivity contribution in [2.24, 2.45) is 0 Å². The van der Waals surface area contributed by atoms with E-state index in [0.29, 0.717) is 0 Å². The van der Waals surface area contributed by atoms with Crippen LogP contribution in [-0.4, -0.2) is 10.3 Å². The van der Waals surface area contributed by atoms with Crippen molar-refractivity contribution in [3.05, 3.63) is 60.7 Å². The van der Waals surface area contributed by atoms with Gasteiger partial charge in [0.1, 0.15) is 0 Å². The normalized spacial score (nSPS) is 10.4. The minimum atomic E-state index is 0.941. The van der Waals surface area contributed by atoms with Crippen LogP contribution in [-0.2, 0) is 0 Å². The van der Waals surface area contributed by atoms with Crippen molar-refractivity contribution in [3.63, 3.8) is 0 Å². The molecule has 0 aliphatic carbocycles. The lowest BCUT2D eigenvalue weighted by Crippen LogP contribution is -2.05. The summed E-state index contributed by atoms with van der Waals surface area (Å²) >= 11 is 0. The van der Waals surface area contributed by atoms with E-state index in [2.05, 4.69) is 39.7 Å². The molecule has 0 saturated heterocycles. The first-order chi connectivity index (χ1) is 8.45. The van der Waals surface area contributed by atoms with E-state index in [1.807, 2.05) is 36.4 Å². The number of nitrogens with zero attached hydrogens (tertiary/aromatic N) is 1. The molecule has 0 fully saturated rings. The molecule has 0 radical (unpaired) electrons. The van der Waals surface area contributed by atoms with Gasteiger partial charge in [-0.3, -0.25) is 0 Å². The fraction of sp³-hybridized carbons (Fsp3) is 0. The predicted octanol–water partition coefficient (Wildman–Crippen LogP) is 2.56. The third kappa shape index (κ3) is 1.83. The van der Waals surface area contributed by atoms with Crippen LogP contribution in [0, 0.1) is 0 Å². The van der Waals surface area contributed by atoms with Crippen LogP contribution in [0.2, 0.25) is 0 Å². The molecule has 0 saturated carbocycles. The van der Waals surface area contributed by atoms with Crippen molar-refractivity contribution in [2.75, 3.05) is 0 Å². The van der Waals surface area contributed by atoms with Crippen LogP contribution in [0.15, 0.2) is 60.7 Å². The Morgan fingerprint density at radius 3 is 2.00 bits per heavy atom. The highest BCUT2D eigenvalue weighted by molar-refractivity contribution is 5.75.